The molecule has 2 fully saturated rings. The van der Waals surface area contributed by atoms with Crippen molar-refractivity contribution in [3.63, 3.8) is 0 Å². The summed E-state index contributed by atoms with van der Waals surface area (Å²) in [5.41, 5.74) is 12.4. The van der Waals surface area contributed by atoms with E-state index in [1.807, 2.05) is 97.3 Å². The molecule has 31 heteroatoms. The average Bonchev–Trinajstić information content (AvgIpc) is 1.31. The summed E-state index contributed by atoms with van der Waals surface area (Å²) in [5.74, 6) is 1.53. The van der Waals surface area contributed by atoms with Gasteiger partial charge < -0.3 is 70.5 Å². The van der Waals surface area contributed by atoms with E-state index in [-0.39, 0.29) is 104 Å². The predicted molar refractivity (Wildman–Crippen MR) is 409 cm³/mol. The van der Waals surface area contributed by atoms with Gasteiger partial charge in [-0.05, 0) is 169 Å². The van der Waals surface area contributed by atoms with Crippen molar-refractivity contribution in [2.75, 3.05) is 78.1 Å². The van der Waals surface area contributed by atoms with Gasteiger partial charge in [-0.1, -0.05) is 81.6 Å². The predicted octanol–water partition coefficient (Wildman–Crippen LogP) is 10.9. The summed E-state index contributed by atoms with van der Waals surface area (Å²) in [4.78, 5) is 66.8. The molecule has 5 aliphatic rings. The molecule has 2 aliphatic carbocycles. The van der Waals surface area contributed by atoms with Gasteiger partial charge in [-0.15, -0.1) is 0 Å². The quantitative estimate of drug-likeness (QED) is 0.0250. The second-order valence-corrected chi connectivity index (χ2v) is 28.2. The number of nitrogens with zero attached hydrogens (tertiary/aromatic N) is 11. The Bertz CT molecular complexity index is 4480. The summed E-state index contributed by atoms with van der Waals surface area (Å²) in [6, 6.07) is 16.7. The molecule has 6 N–H and O–H groups in total. The van der Waals surface area contributed by atoms with Gasteiger partial charge in [0.15, 0.2) is 17.2 Å². The number of carbonyl (C=O) groups is 3. The Morgan fingerprint density at radius 2 is 0.943 bits per heavy atom. The van der Waals surface area contributed by atoms with Gasteiger partial charge in [0.25, 0.3) is 35.6 Å². The van der Waals surface area contributed by atoms with Gasteiger partial charge in [-0.2, -0.15) is 13.2 Å². The number of methoxy groups -OCH3 is 3. The topological polar surface area (TPSA) is 266 Å². The van der Waals surface area contributed by atoms with Crippen LogP contribution in [0.1, 0.15) is 172 Å². The van der Waals surface area contributed by atoms with E-state index in [9.17, 15) is 27.6 Å². The number of alkyl halides is 1. The Kier molecular flexibility index (Phi) is 31.1. The van der Waals surface area contributed by atoms with Crippen LogP contribution in [-0.2, 0) is 38.9 Å². The van der Waals surface area contributed by atoms with Gasteiger partial charge in [0, 0.05) is 127 Å². The van der Waals surface area contributed by atoms with E-state index >= 15 is 0 Å². The molecule has 0 saturated heterocycles. The molecule has 2 unspecified atom stereocenters. The molecule has 3 atom stereocenters. The maximum absolute atomic E-state index is 13.8. The third-order valence-electron chi connectivity index (χ3n) is 18.4. The number of hydrogen-bond acceptors (Lipinski definition) is 17. The van der Waals surface area contributed by atoms with Crippen LogP contribution in [-0.4, -0.2) is 150 Å². The van der Waals surface area contributed by atoms with Crippen LogP contribution in [0.4, 0.5) is 31.0 Å². The molecular weight excluding hydrogens is 1560 g/mol. The maximum Gasteiger partial charge on any atom is 1.00 e. The Labute approximate surface area is 660 Å². The second-order valence-electron chi connectivity index (χ2n) is 25.1. The zero-order valence-corrected chi connectivity index (χ0v) is 65.8. The zero-order chi connectivity index (χ0) is 73.1. The van der Waals surface area contributed by atoms with Crippen molar-refractivity contribution in [3.8, 4) is 17.2 Å². The number of fused-ring (bicyclic) bond motifs is 3. The SMILES string of the molecule is C.C.CNc1nccn1Cc1cc(Br)c2c(c1)C(=O)N(C(C)c1cnc(F)c(OC)c1)CC2.CNc1nccn1Cc1cc(Br)c2c(c1)C(=O)NCC2.CNc1nccn1Cc1cc2c(c(C3CC3)c1)CCN([C@@H](C)c1cnc(F)c(OC)c1)C2=O.COc1cc(C(C)Br)cnc1F.OB(O)C1CC1.[H-].[Na+]. The van der Waals surface area contributed by atoms with Crippen LogP contribution in [0.2, 0.25) is 5.82 Å². The minimum Gasteiger partial charge on any atom is -1.00 e. The van der Waals surface area contributed by atoms with Crippen LogP contribution in [0.15, 0.2) is 119 Å². The number of ether oxygens (including phenoxy) is 3. The van der Waals surface area contributed by atoms with Crippen molar-refractivity contribution >= 4 is 90.5 Å². The van der Waals surface area contributed by atoms with Crippen molar-refractivity contribution in [1.29, 1.82) is 0 Å². The van der Waals surface area contributed by atoms with E-state index in [1.54, 1.807) is 41.7 Å². The zero-order valence-electron chi connectivity index (χ0n) is 60.1. The molecule has 23 nitrogen and oxygen atoms in total. The van der Waals surface area contributed by atoms with Crippen molar-refractivity contribution in [3.05, 3.63) is 209 Å². The smallest absolute Gasteiger partial charge is 1.00 e. The number of hydrogen-bond donors (Lipinski definition) is 6. The number of aromatic nitrogens is 9. The van der Waals surface area contributed by atoms with E-state index in [0.717, 1.165) is 115 Å². The van der Waals surface area contributed by atoms with E-state index in [4.69, 9.17) is 24.3 Å². The van der Waals surface area contributed by atoms with Crippen LogP contribution in [0.3, 0.4) is 0 Å². The fraction of sp³-hybridized carbons (Fsp3) is 0.392. The van der Waals surface area contributed by atoms with Crippen LogP contribution in [0, 0.1) is 17.8 Å². The summed E-state index contributed by atoms with van der Waals surface area (Å²) in [6.07, 6.45) is 22.2. The normalized spacial score (nSPS) is 14.7. The first kappa shape index (κ1) is 84.4. The minimum absolute atomic E-state index is 0. The first-order valence-electron chi connectivity index (χ1n) is 33.4. The number of anilines is 3. The Hall–Kier alpha value is -7.84. The van der Waals surface area contributed by atoms with Crippen LogP contribution in [0.25, 0.3) is 0 Å². The fourth-order valence-electron chi connectivity index (χ4n) is 12.4. The number of rotatable bonds is 19. The van der Waals surface area contributed by atoms with Gasteiger partial charge >= 0.3 is 36.7 Å². The molecular formula is C74H91BBr3F3N15NaO8. The van der Waals surface area contributed by atoms with Crippen LogP contribution < -0.4 is 65.0 Å². The van der Waals surface area contributed by atoms with Crippen molar-refractivity contribution < 1.29 is 82.8 Å². The Balaban J connectivity index is 0.000000223. The number of carbonyl (C=O) groups excluding carboxylic acids is 3. The summed E-state index contributed by atoms with van der Waals surface area (Å²) in [5, 5.41) is 28.6. The van der Waals surface area contributed by atoms with E-state index < -0.39 is 25.0 Å². The standard InChI is InChI=1S/C25H28FN5O2.C22H23BrFN5O2.C14H15BrN4O.C8H9BrFNO.C3H7BO2.2CH4.Na.H/c1-15(18-12-22(33-3)23(26)29-13-18)31-8-6-19-20(17-4-5-17)10-16(11-21(19)24(31)32)14-30-9-7-28-25(30)27-2;1-13(15-10-19(31-3)20(24)27-11-15)29-6-4-16-17(21(29)30)8-14(9-18(16)23)12-28-7-5-26-22(28)25-2;1-16-14-18-4-5-19(14)8-9-6-11-10(12(15)7-9)2-3-17-13(11)20;1-5(9)6-3-7(12-2)8(10)11-4-6;5-4(6)3-1-2-3;;;;/h7,9-13,15,17H,4-6,8,14H2,1-3H3,(H,27,28);5,7-11,13H,4,6,12H2,1-3H3,(H,25,26);4-7H,2-3,8H2,1H3,(H,16,18)(H,17,20);3-5H,1-2H3;3,5-6H,1-2H2;2*1H4;;/q;;;;;;;+1;-1/t15-;;;;;;;;/m0......../s1. The van der Waals surface area contributed by atoms with Crippen LogP contribution >= 0.6 is 47.8 Å². The van der Waals surface area contributed by atoms with Gasteiger partial charge in [0.1, 0.15) is 0 Å². The first-order chi connectivity index (χ1) is 49.1. The number of benzene rings is 3. The number of imidazole rings is 3. The molecule has 0 bridgehead atoms. The van der Waals surface area contributed by atoms with Gasteiger partial charge in [0.05, 0.1) is 53.0 Å². The summed E-state index contributed by atoms with van der Waals surface area (Å²) >= 11 is 10.6. The number of pyridine rings is 3. The molecule has 0 spiro atoms. The number of nitrogens with one attached hydrogen (secondary N) is 4. The van der Waals surface area contributed by atoms with Crippen molar-refractivity contribution in [1.82, 2.24) is 58.7 Å². The molecule has 556 valence electrons. The number of halogens is 6. The molecule has 105 heavy (non-hydrogen) atoms. The molecule has 2 saturated carbocycles. The summed E-state index contributed by atoms with van der Waals surface area (Å²) < 4.78 is 63.2. The number of amides is 3. The van der Waals surface area contributed by atoms with Crippen molar-refractivity contribution in [2.45, 2.75) is 129 Å². The van der Waals surface area contributed by atoms with Crippen molar-refractivity contribution in [2.24, 2.45) is 0 Å². The molecule has 9 heterocycles. The Morgan fingerprint density at radius 3 is 1.32 bits per heavy atom. The third-order valence-corrected chi connectivity index (χ3v) is 20.3. The average molecular weight is 1650 g/mol. The molecule has 3 aromatic carbocycles. The maximum atomic E-state index is 13.8. The summed E-state index contributed by atoms with van der Waals surface area (Å²) in [6.45, 7) is 9.61. The second kappa shape index (κ2) is 38.6. The minimum atomic E-state index is -1.04. The molecule has 0 radical (unpaired) electrons. The van der Waals surface area contributed by atoms with E-state index in [2.05, 4.69) is 117 Å². The molecule has 6 aromatic heterocycles. The first-order valence-corrected chi connectivity index (χ1v) is 35.9. The Morgan fingerprint density at radius 1 is 0.562 bits per heavy atom. The van der Waals surface area contributed by atoms with Gasteiger partial charge in [-0.3, -0.25) is 14.4 Å². The van der Waals surface area contributed by atoms with Gasteiger partial charge in [0.2, 0.25) is 17.8 Å². The largest absolute Gasteiger partial charge is 1.00 e. The summed E-state index contributed by atoms with van der Waals surface area (Å²) in [7, 11) is 8.71. The molecule has 14 rings (SSSR count). The molecule has 3 amide bonds. The molecule has 3 aliphatic heterocycles. The monoisotopic (exact) mass is 1650 g/mol. The van der Waals surface area contributed by atoms with Crippen LogP contribution in [0.5, 0.6) is 17.2 Å². The van der Waals surface area contributed by atoms with Gasteiger partial charge in [-0.25, -0.2) is 29.9 Å². The fourth-order valence-corrected chi connectivity index (χ4v) is 14.1. The van der Waals surface area contributed by atoms with E-state index in [0.29, 0.717) is 50.7 Å². The van der Waals surface area contributed by atoms with E-state index in [1.165, 1.54) is 63.9 Å². The molecule has 9 aromatic rings. The third kappa shape index (κ3) is 20.7.